The van der Waals surface area contributed by atoms with Crippen LogP contribution in [0.5, 0.6) is 10.9 Å². The van der Waals surface area contributed by atoms with Gasteiger partial charge in [0.1, 0.15) is 0 Å². The molecule has 84 valence electrons. The van der Waals surface area contributed by atoms with Crippen molar-refractivity contribution in [1.82, 2.24) is 4.98 Å². The standard InChI is InChI=1S/C11H11ClN2OS/c1-6-7(2)16-11(14-6)15-10-5-8(12)3-4-9(10)13/h3-5H,13H2,1-2H3. The van der Waals surface area contributed by atoms with Gasteiger partial charge in [0, 0.05) is 16.0 Å². The maximum Gasteiger partial charge on any atom is 0.279 e. The Kier molecular flexibility index (Phi) is 3.03. The molecule has 1 aromatic heterocycles. The van der Waals surface area contributed by atoms with Crippen molar-refractivity contribution in [2.45, 2.75) is 13.8 Å². The molecule has 0 radical (unpaired) electrons. The van der Waals surface area contributed by atoms with Crippen molar-refractivity contribution in [3.05, 3.63) is 33.8 Å². The third kappa shape index (κ3) is 2.28. The zero-order valence-corrected chi connectivity index (χ0v) is 10.5. The predicted octanol–water partition coefficient (Wildman–Crippen LogP) is 3.79. The molecule has 0 atom stereocenters. The molecule has 0 aliphatic carbocycles. The second-order valence-electron chi connectivity index (χ2n) is 3.41. The highest BCUT2D eigenvalue weighted by atomic mass is 35.5. The molecule has 0 spiro atoms. The van der Waals surface area contributed by atoms with Crippen LogP contribution in [0.2, 0.25) is 5.02 Å². The van der Waals surface area contributed by atoms with Crippen LogP contribution in [0.15, 0.2) is 18.2 Å². The minimum absolute atomic E-state index is 0.543. The maximum absolute atomic E-state index is 5.87. The number of thiazole rings is 1. The zero-order valence-electron chi connectivity index (χ0n) is 8.95. The van der Waals surface area contributed by atoms with Crippen molar-refractivity contribution < 1.29 is 4.74 Å². The van der Waals surface area contributed by atoms with Crippen LogP contribution < -0.4 is 10.5 Å². The highest BCUT2D eigenvalue weighted by molar-refractivity contribution is 7.13. The highest BCUT2D eigenvalue weighted by Crippen LogP contribution is 2.33. The summed E-state index contributed by atoms with van der Waals surface area (Å²) >= 11 is 7.36. The summed E-state index contributed by atoms with van der Waals surface area (Å²) in [5, 5.41) is 1.18. The van der Waals surface area contributed by atoms with Gasteiger partial charge in [-0.1, -0.05) is 22.9 Å². The van der Waals surface area contributed by atoms with E-state index in [1.807, 2.05) is 13.8 Å². The number of halogens is 1. The van der Waals surface area contributed by atoms with Gasteiger partial charge in [0.05, 0.1) is 11.4 Å². The van der Waals surface area contributed by atoms with E-state index >= 15 is 0 Å². The molecule has 2 aromatic rings. The average Bonchev–Trinajstić information content (AvgIpc) is 2.52. The molecule has 1 aromatic carbocycles. The summed E-state index contributed by atoms with van der Waals surface area (Å²) in [6.45, 7) is 3.95. The zero-order chi connectivity index (χ0) is 11.7. The third-order valence-corrected chi connectivity index (χ3v) is 3.37. The van der Waals surface area contributed by atoms with Crippen LogP contribution >= 0.6 is 22.9 Å². The van der Waals surface area contributed by atoms with Gasteiger partial charge in [-0.15, -0.1) is 0 Å². The number of ether oxygens (including phenoxy) is 1. The van der Waals surface area contributed by atoms with Gasteiger partial charge in [0.15, 0.2) is 5.75 Å². The fourth-order valence-corrected chi connectivity index (χ4v) is 2.11. The molecule has 0 saturated heterocycles. The normalized spacial score (nSPS) is 10.4. The number of hydrogen-bond acceptors (Lipinski definition) is 4. The summed E-state index contributed by atoms with van der Waals surface area (Å²) in [5.41, 5.74) is 7.30. The van der Waals surface area contributed by atoms with E-state index in [2.05, 4.69) is 4.98 Å². The van der Waals surface area contributed by atoms with Crippen LogP contribution in [-0.4, -0.2) is 4.98 Å². The van der Waals surface area contributed by atoms with Crippen LogP contribution in [0.25, 0.3) is 0 Å². The number of aromatic nitrogens is 1. The molecular weight excluding hydrogens is 244 g/mol. The Bertz CT molecular complexity index is 505. The number of nitrogen functional groups attached to an aromatic ring is 1. The van der Waals surface area contributed by atoms with Crippen LogP contribution in [-0.2, 0) is 0 Å². The van der Waals surface area contributed by atoms with Crippen molar-refractivity contribution in [3.63, 3.8) is 0 Å². The molecule has 0 aliphatic rings. The predicted molar refractivity (Wildman–Crippen MR) is 67.5 cm³/mol. The lowest BCUT2D eigenvalue weighted by Crippen LogP contribution is -1.91. The fourth-order valence-electron chi connectivity index (χ4n) is 1.18. The molecule has 2 rings (SSSR count). The molecule has 0 aliphatic heterocycles. The first-order valence-corrected chi connectivity index (χ1v) is 5.92. The Morgan fingerprint density at radius 2 is 2.12 bits per heavy atom. The molecular formula is C11H11ClN2OS. The lowest BCUT2D eigenvalue weighted by molar-refractivity contribution is 0.480. The van der Waals surface area contributed by atoms with Crippen molar-refractivity contribution in [2.75, 3.05) is 5.73 Å². The summed E-state index contributed by atoms with van der Waals surface area (Å²) < 4.78 is 5.59. The van der Waals surface area contributed by atoms with Crippen LogP contribution in [0.1, 0.15) is 10.6 Å². The van der Waals surface area contributed by atoms with Crippen molar-refractivity contribution in [3.8, 4) is 10.9 Å². The van der Waals surface area contributed by atoms with Gasteiger partial charge in [0.25, 0.3) is 5.19 Å². The first kappa shape index (κ1) is 11.2. The summed E-state index contributed by atoms with van der Waals surface area (Å²) in [4.78, 5) is 5.41. The smallest absolute Gasteiger partial charge is 0.279 e. The van der Waals surface area contributed by atoms with Gasteiger partial charge in [0.2, 0.25) is 0 Å². The van der Waals surface area contributed by atoms with E-state index in [1.54, 1.807) is 18.2 Å². The monoisotopic (exact) mass is 254 g/mol. The average molecular weight is 255 g/mol. The van der Waals surface area contributed by atoms with Crippen molar-refractivity contribution in [2.24, 2.45) is 0 Å². The molecule has 3 nitrogen and oxygen atoms in total. The van der Waals surface area contributed by atoms with Gasteiger partial charge in [-0.25, -0.2) is 4.98 Å². The number of nitrogens with zero attached hydrogens (tertiary/aromatic N) is 1. The number of nitrogens with two attached hydrogens (primary N) is 1. The van der Waals surface area contributed by atoms with Gasteiger partial charge in [-0.3, -0.25) is 0 Å². The minimum atomic E-state index is 0.543. The van der Waals surface area contributed by atoms with Crippen LogP contribution in [0.3, 0.4) is 0 Å². The van der Waals surface area contributed by atoms with E-state index in [1.165, 1.54) is 11.3 Å². The lowest BCUT2D eigenvalue weighted by atomic mass is 10.3. The van der Waals surface area contributed by atoms with Crippen LogP contribution in [0.4, 0.5) is 5.69 Å². The van der Waals surface area contributed by atoms with E-state index in [-0.39, 0.29) is 0 Å². The second-order valence-corrected chi connectivity index (χ2v) is 5.01. The topological polar surface area (TPSA) is 48.1 Å². The number of rotatable bonds is 2. The lowest BCUT2D eigenvalue weighted by Gasteiger charge is -2.05. The molecule has 0 amide bonds. The second kappa shape index (κ2) is 4.31. The fraction of sp³-hybridized carbons (Fsp3) is 0.182. The Balaban J connectivity index is 2.29. The Labute approximate surface area is 103 Å². The molecule has 0 bridgehead atoms. The Hall–Kier alpha value is -1.26. The SMILES string of the molecule is Cc1nc(Oc2cc(Cl)ccc2N)sc1C. The molecule has 0 fully saturated rings. The van der Waals surface area contributed by atoms with Gasteiger partial charge < -0.3 is 10.5 Å². The van der Waals surface area contributed by atoms with Gasteiger partial charge in [-0.05, 0) is 26.0 Å². The van der Waals surface area contributed by atoms with E-state index < -0.39 is 0 Å². The number of anilines is 1. The number of aryl methyl sites for hydroxylation is 2. The van der Waals surface area contributed by atoms with E-state index in [9.17, 15) is 0 Å². The van der Waals surface area contributed by atoms with Gasteiger partial charge in [-0.2, -0.15) is 0 Å². The van der Waals surface area contributed by atoms with Crippen molar-refractivity contribution in [1.29, 1.82) is 0 Å². The number of benzene rings is 1. The number of hydrogen-bond donors (Lipinski definition) is 1. The molecule has 2 N–H and O–H groups in total. The molecule has 0 saturated carbocycles. The molecule has 5 heteroatoms. The van der Waals surface area contributed by atoms with E-state index in [0.717, 1.165) is 10.6 Å². The third-order valence-electron chi connectivity index (χ3n) is 2.18. The van der Waals surface area contributed by atoms with Crippen molar-refractivity contribution >= 4 is 28.6 Å². The first-order valence-electron chi connectivity index (χ1n) is 4.73. The largest absolute Gasteiger partial charge is 0.429 e. The maximum atomic E-state index is 5.87. The quantitative estimate of drug-likeness (QED) is 0.830. The van der Waals surface area contributed by atoms with E-state index in [0.29, 0.717) is 21.7 Å². The molecule has 16 heavy (non-hydrogen) atoms. The minimum Gasteiger partial charge on any atom is -0.429 e. The molecule has 1 heterocycles. The Morgan fingerprint density at radius 1 is 1.38 bits per heavy atom. The summed E-state index contributed by atoms with van der Waals surface area (Å²) in [6.07, 6.45) is 0. The Morgan fingerprint density at radius 3 is 2.75 bits per heavy atom. The summed E-state index contributed by atoms with van der Waals surface area (Å²) in [5.74, 6) is 0.543. The van der Waals surface area contributed by atoms with E-state index in [4.69, 9.17) is 22.1 Å². The van der Waals surface area contributed by atoms with Crippen LogP contribution in [0, 0.1) is 13.8 Å². The summed E-state index contributed by atoms with van der Waals surface area (Å²) in [7, 11) is 0. The van der Waals surface area contributed by atoms with Gasteiger partial charge >= 0.3 is 0 Å². The first-order chi connectivity index (χ1) is 7.56. The molecule has 0 unspecified atom stereocenters. The highest BCUT2D eigenvalue weighted by Gasteiger charge is 2.08. The summed E-state index contributed by atoms with van der Waals surface area (Å²) in [6, 6.07) is 5.12.